The Kier molecular flexibility index (Phi) is 36.5. The van der Waals surface area contributed by atoms with Crippen LogP contribution in [0.2, 0.25) is 0 Å². The number of phosphoric acid groups is 1. The Morgan fingerprint density at radius 1 is 0.636 bits per heavy atom. The molecular weight excluding hydrogens is 707 g/mol. The van der Waals surface area contributed by atoms with Crippen molar-refractivity contribution < 1.29 is 32.9 Å². The molecule has 1 unspecified atom stereocenters. The Bertz CT molecular complexity index is 1080. The number of quaternary nitrogens is 1. The highest BCUT2D eigenvalue weighted by molar-refractivity contribution is 7.45. The summed E-state index contributed by atoms with van der Waals surface area (Å²) in [5, 5.41) is 13.8. The molecule has 0 saturated heterocycles. The van der Waals surface area contributed by atoms with Crippen LogP contribution in [0, 0.1) is 0 Å². The van der Waals surface area contributed by atoms with Gasteiger partial charge in [0.15, 0.2) is 0 Å². The number of nitrogens with one attached hydrogen (secondary N) is 1. The fourth-order valence-electron chi connectivity index (χ4n) is 5.91. The molecule has 320 valence electrons. The lowest BCUT2D eigenvalue weighted by molar-refractivity contribution is -0.870. The van der Waals surface area contributed by atoms with Crippen LogP contribution in [0.3, 0.4) is 0 Å². The summed E-state index contributed by atoms with van der Waals surface area (Å²) in [4.78, 5) is 25.3. The number of carbonyl (C=O) groups is 1. The maximum atomic E-state index is 12.8. The van der Waals surface area contributed by atoms with Crippen LogP contribution in [0.1, 0.15) is 174 Å². The van der Waals surface area contributed by atoms with E-state index in [-0.39, 0.29) is 25.5 Å². The number of amides is 1. The summed E-state index contributed by atoms with van der Waals surface area (Å²) in [5.74, 6) is -0.232. The van der Waals surface area contributed by atoms with Crippen LogP contribution < -0.4 is 10.2 Å². The Morgan fingerprint density at radius 3 is 1.55 bits per heavy atom. The summed E-state index contributed by atoms with van der Waals surface area (Å²) in [5.41, 5.74) is 0. The first-order valence-electron chi connectivity index (χ1n) is 22.1. The molecule has 0 spiro atoms. The van der Waals surface area contributed by atoms with Crippen molar-refractivity contribution in [2.75, 3.05) is 40.9 Å². The molecule has 0 fully saturated rings. The van der Waals surface area contributed by atoms with Crippen molar-refractivity contribution in [3.8, 4) is 0 Å². The zero-order valence-electron chi connectivity index (χ0n) is 36.1. The minimum Gasteiger partial charge on any atom is -0.756 e. The maximum absolute atomic E-state index is 12.8. The third-order valence-electron chi connectivity index (χ3n) is 9.48. The van der Waals surface area contributed by atoms with E-state index >= 15 is 0 Å². The minimum absolute atomic E-state index is 0.00607. The second kappa shape index (κ2) is 37.8. The summed E-state index contributed by atoms with van der Waals surface area (Å²) in [7, 11) is 1.24. The normalized spacial score (nSPS) is 15.0. The zero-order chi connectivity index (χ0) is 40.7. The molecule has 1 amide bonds. The van der Waals surface area contributed by atoms with E-state index in [9.17, 15) is 19.4 Å². The van der Waals surface area contributed by atoms with Crippen LogP contribution in [0.4, 0.5) is 0 Å². The fourth-order valence-corrected chi connectivity index (χ4v) is 6.63. The third kappa shape index (κ3) is 40.2. The van der Waals surface area contributed by atoms with E-state index in [0.29, 0.717) is 23.9 Å². The van der Waals surface area contributed by atoms with Crippen LogP contribution in [0.15, 0.2) is 60.8 Å². The van der Waals surface area contributed by atoms with Gasteiger partial charge in [-0.1, -0.05) is 152 Å². The number of nitrogens with zero attached hydrogens (tertiary/aromatic N) is 1. The SMILES string of the molecule is CCCCCCCC/C=C/CCCC[C@@H](O)[C@H](COP(=O)([O-])OCC[N+](C)(C)C)NC(=O)CCC/C=C/C/C=C/C/C=C/C/C=C/CCCCCCCCC. The second-order valence-electron chi connectivity index (χ2n) is 16.0. The molecule has 0 radical (unpaired) electrons. The average Bonchev–Trinajstić information content (AvgIpc) is 3.13. The molecule has 0 aliphatic heterocycles. The van der Waals surface area contributed by atoms with Gasteiger partial charge in [0.2, 0.25) is 5.91 Å². The van der Waals surface area contributed by atoms with Crippen molar-refractivity contribution >= 4 is 13.7 Å². The molecule has 9 heteroatoms. The molecule has 0 aliphatic rings. The van der Waals surface area contributed by atoms with Gasteiger partial charge in [-0.2, -0.15) is 0 Å². The van der Waals surface area contributed by atoms with Gasteiger partial charge < -0.3 is 28.8 Å². The van der Waals surface area contributed by atoms with Crippen molar-refractivity contribution in [3.63, 3.8) is 0 Å². The number of allylic oxidation sites excluding steroid dienone is 10. The summed E-state index contributed by atoms with van der Waals surface area (Å²) >= 11 is 0. The number of hydrogen-bond acceptors (Lipinski definition) is 6. The molecule has 0 saturated carbocycles. The number of phosphoric ester groups is 1. The molecule has 0 bridgehead atoms. The molecule has 0 aromatic rings. The van der Waals surface area contributed by atoms with Crippen molar-refractivity contribution in [1.82, 2.24) is 5.32 Å². The molecule has 0 aliphatic carbocycles. The molecule has 2 N–H and O–H groups in total. The zero-order valence-corrected chi connectivity index (χ0v) is 37.0. The van der Waals surface area contributed by atoms with Crippen molar-refractivity contribution in [1.29, 1.82) is 0 Å². The second-order valence-corrected chi connectivity index (χ2v) is 17.4. The quantitative estimate of drug-likeness (QED) is 0.0278. The van der Waals surface area contributed by atoms with Gasteiger partial charge in [-0.25, -0.2) is 0 Å². The predicted molar refractivity (Wildman–Crippen MR) is 233 cm³/mol. The van der Waals surface area contributed by atoms with Gasteiger partial charge in [0.25, 0.3) is 7.82 Å². The Labute approximate surface area is 339 Å². The number of rotatable bonds is 39. The number of aliphatic hydroxyl groups excluding tert-OH is 1. The van der Waals surface area contributed by atoms with E-state index in [1.54, 1.807) is 0 Å². The van der Waals surface area contributed by atoms with Gasteiger partial charge in [-0.3, -0.25) is 9.36 Å². The van der Waals surface area contributed by atoms with Crippen molar-refractivity contribution in [3.05, 3.63) is 60.8 Å². The summed E-state index contributed by atoms with van der Waals surface area (Å²) in [6.07, 6.45) is 48.1. The predicted octanol–water partition coefficient (Wildman–Crippen LogP) is 11.6. The van der Waals surface area contributed by atoms with E-state index < -0.39 is 20.0 Å². The number of aliphatic hydroxyl groups is 1. The minimum atomic E-state index is -4.59. The van der Waals surface area contributed by atoms with E-state index in [0.717, 1.165) is 51.4 Å². The first-order chi connectivity index (χ1) is 26.5. The number of unbranched alkanes of at least 4 members (excludes halogenated alkanes) is 16. The fraction of sp³-hybridized carbons (Fsp3) is 0.761. The lowest BCUT2D eigenvalue weighted by Gasteiger charge is -2.30. The molecule has 3 atom stereocenters. The van der Waals surface area contributed by atoms with Crippen LogP contribution in [0.25, 0.3) is 0 Å². The highest BCUT2D eigenvalue weighted by Crippen LogP contribution is 2.38. The highest BCUT2D eigenvalue weighted by atomic mass is 31.2. The molecule has 0 heterocycles. The van der Waals surface area contributed by atoms with Gasteiger partial charge in [0.1, 0.15) is 13.2 Å². The lowest BCUT2D eigenvalue weighted by Crippen LogP contribution is -2.46. The monoisotopic (exact) mass is 793 g/mol. The van der Waals surface area contributed by atoms with Gasteiger partial charge in [-0.15, -0.1) is 0 Å². The molecular formula is C46H85N2O6P. The van der Waals surface area contributed by atoms with Gasteiger partial charge in [0, 0.05) is 6.42 Å². The summed E-state index contributed by atoms with van der Waals surface area (Å²) < 4.78 is 23.2. The number of hydrogen-bond donors (Lipinski definition) is 2. The smallest absolute Gasteiger partial charge is 0.268 e. The van der Waals surface area contributed by atoms with E-state index in [4.69, 9.17) is 9.05 Å². The van der Waals surface area contributed by atoms with Crippen molar-refractivity contribution in [2.24, 2.45) is 0 Å². The molecule has 0 aromatic heterocycles. The van der Waals surface area contributed by atoms with Crippen LogP contribution in [-0.4, -0.2) is 68.5 Å². The van der Waals surface area contributed by atoms with Crippen molar-refractivity contribution in [2.45, 2.75) is 187 Å². The standard InChI is InChI=1S/C46H85N2O6P/c1-6-8-10-12-14-16-18-20-21-22-23-24-25-26-27-28-30-32-34-36-38-40-46(50)47-44(43-54-55(51,52)53-42-41-48(3,4)5)45(49)39-37-35-33-31-29-19-17-15-13-11-9-7-2/h21-22,24-25,27-29,31-32,34,44-45,49H,6-20,23,26,30,33,35-43H2,1-5H3,(H-,47,50,51,52)/b22-21+,25-24+,28-27+,31-29+,34-32+/t44-,45+/m0/s1. The van der Waals surface area contributed by atoms with E-state index in [2.05, 4.69) is 79.9 Å². The summed E-state index contributed by atoms with van der Waals surface area (Å²) in [6, 6.07) is -0.847. The Hall–Kier alpha value is -1.80. The first-order valence-corrected chi connectivity index (χ1v) is 23.6. The average molecular weight is 793 g/mol. The van der Waals surface area contributed by atoms with E-state index in [1.807, 2.05) is 21.1 Å². The maximum Gasteiger partial charge on any atom is 0.268 e. The number of carbonyl (C=O) groups excluding carboxylic acids is 1. The largest absolute Gasteiger partial charge is 0.756 e. The molecule has 55 heavy (non-hydrogen) atoms. The topological polar surface area (TPSA) is 108 Å². The summed E-state index contributed by atoms with van der Waals surface area (Å²) in [6.45, 7) is 4.62. The van der Waals surface area contributed by atoms with E-state index in [1.165, 1.54) is 89.9 Å². The molecule has 8 nitrogen and oxygen atoms in total. The first kappa shape index (κ1) is 53.2. The molecule has 0 aromatic carbocycles. The van der Waals surface area contributed by atoms with Crippen LogP contribution in [-0.2, 0) is 18.4 Å². The Morgan fingerprint density at radius 2 is 1.05 bits per heavy atom. The van der Waals surface area contributed by atoms with Gasteiger partial charge >= 0.3 is 0 Å². The highest BCUT2D eigenvalue weighted by Gasteiger charge is 2.24. The van der Waals surface area contributed by atoms with Crippen LogP contribution >= 0.6 is 7.82 Å². The number of likely N-dealkylation sites (N-methyl/N-ethyl adjacent to an activating group) is 1. The van der Waals surface area contributed by atoms with Gasteiger partial charge in [-0.05, 0) is 77.0 Å². The molecule has 0 rings (SSSR count). The van der Waals surface area contributed by atoms with Gasteiger partial charge in [0.05, 0.1) is 39.9 Å². The third-order valence-corrected chi connectivity index (χ3v) is 10.4. The van der Waals surface area contributed by atoms with Crippen LogP contribution in [0.5, 0.6) is 0 Å². The Balaban J connectivity index is 4.49. The lowest BCUT2D eigenvalue weighted by atomic mass is 10.0.